The van der Waals surface area contributed by atoms with Gasteiger partial charge < -0.3 is 15.1 Å². The fraction of sp³-hybridized carbons (Fsp3) is 0.632. The average molecular weight is 380 g/mol. The van der Waals surface area contributed by atoms with Crippen LogP contribution >= 0.6 is 0 Å². The van der Waals surface area contributed by atoms with Crippen LogP contribution in [-0.4, -0.2) is 63.5 Å². The van der Waals surface area contributed by atoms with E-state index in [2.05, 4.69) is 16.3 Å². The van der Waals surface area contributed by atoms with Crippen molar-refractivity contribution in [3.8, 4) is 0 Å². The quantitative estimate of drug-likeness (QED) is 0.838. The second kappa shape index (κ2) is 7.56. The maximum atomic E-state index is 13.2. The van der Waals surface area contributed by atoms with Gasteiger partial charge in [0.15, 0.2) is 14.6 Å². The number of carbonyl (C=O) groups is 1. The molecular formula is C19H29N3O3S. The number of hydrogen-bond donors (Lipinski definition) is 1. The zero-order valence-electron chi connectivity index (χ0n) is 15.7. The molecule has 0 bridgehead atoms. The Bertz CT molecular complexity index is 751. The lowest BCUT2D eigenvalue weighted by Gasteiger charge is -2.37. The van der Waals surface area contributed by atoms with Crippen molar-refractivity contribution in [2.75, 3.05) is 44.4 Å². The first kappa shape index (κ1) is 19.2. The Morgan fingerprint density at radius 2 is 1.81 bits per heavy atom. The largest absolute Gasteiger partial charge is 0.371 e. The van der Waals surface area contributed by atoms with Crippen molar-refractivity contribution in [2.45, 2.75) is 37.0 Å². The van der Waals surface area contributed by atoms with Gasteiger partial charge in [-0.3, -0.25) is 4.79 Å². The van der Waals surface area contributed by atoms with Gasteiger partial charge in [-0.1, -0.05) is 18.2 Å². The molecule has 3 rings (SSSR count). The van der Waals surface area contributed by atoms with E-state index in [-0.39, 0.29) is 5.91 Å². The number of hydrogen-bond acceptors (Lipinski definition) is 5. The Balaban J connectivity index is 1.83. The topological polar surface area (TPSA) is 69.7 Å². The summed E-state index contributed by atoms with van der Waals surface area (Å²) >= 11 is 0. The van der Waals surface area contributed by atoms with Crippen LogP contribution in [0.15, 0.2) is 24.3 Å². The minimum atomic E-state index is -3.49. The van der Waals surface area contributed by atoms with Gasteiger partial charge in [0.2, 0.25) is 5.91 Å². The smallest absolute Gasteiger partial charge is 0.244 e. The molecule has 2 aliphatic heterocycles. The number of anilines is 1. The normalized spacial score (nSPS) is 20.2. The van der Waals surface area contributed by atoms with Crippen molar-refractivity contribution in [1.82, 2.24) is 10.2 Å². The Kier molecular flexibility index (Phi) is 5.58. The number of amides is 1. The second-order valence-corrected chi connectivity index (χ2v) is 9.83. The summed E-state index contributed by atoms with van der Waals surface area (Å²) < 4.78 is 23.7. The van der Waals surface area contributed by atoms with Gasteiger partial charge in [-0.05, 0) is 50.4 Å². The van der Waals surface area contributed by atoms with Gasteiger partial charge in [-0.2, -0.15) is 0 Å². The number of rotatable bonds is 5. The summed E-state index contributed by atoms with van der Waals surface area (Å²) in [7, 11) is -1.77. The van der Waals surface area contributed by atoms with E-state index in [1.165, 1.54) is 19.1 Å². The van der Waals surface area contributed by atoms with Crippen LogP contribution in [0.3, 0.4) is 0 Å². The van der Waals surface area contributed by atoms with Crippen LogP contribution in [0.4, 0.5) is 5.69 Å². The fourth-order valence-electron chi connectivity index (χ4n) is 4.16. The molecule has 0 spiro atoms. The second-order valence-electron chi connectivity index (χ2n) is 7.50. The molecule has 2 aliphatic rings. The lowest BCUT2D eigenvalue weighted by Crippen LogP contribution is -2.57. The molecule has 2 heterocycles. The Morgan fingerprint density at radius 1 is 1.19 bits per heavy atom. The SMILES string of the molecule is CN(Cc1ccccc1N1CCCC1)C(=O)C1(S(C)(=O)=O)CCNCC1. The molecule has 7 heteroatoms. The van der Waals surface area contributed by atoms with E-state index in [0.717, 1.165) is 24.3 Å². The van der Waals surface area contributed by atoms with Crippen LogP contribution in [0.1, 0.15) is 31.2 Å². The summed E-state index contributed by atoms with van der Waals surface area (Å²) in [4.78, 5) is 17.2. The molecule has 1 aromatic carbocycles. The van der Waals surface area contributed by atoms with Crippen LogP contribution in [0.25, 0.3) is 0 Å². The molecule has 2 saturated heterocycles. The third-order valence-electron chi connectivity index (χ3n) is 5.70. The maximum absolute atomic E-state index is 13.2. The van der Waals surface area contributed by atoms with Gasteiger partial charge in [-0.25, -0.2) is 8.42 Å². The zero-order chi connectivity index (χ0) is 18.8. The van der Waals surface area contributed by atoms with Gasteiger partial charge >= 0.3 is 0 Å². The van der Waals surface area contributed by atoms with E-state index in [1.54, 1.807) is 11.9 Å². The number of nitrogens with zero attached hydrogens (tertiary/aromatic N) is 2. The summed E-state index contributed by atoms with van der Waals surface area (Å²) in [5, 5.41) is 3.16. The summed E-state index contributed by atoms with van der Waals surface area (Å²) in [5.74, 6) is -0.280. The van der Waals surface area contributed by atoms with E-state index in [4.69, 9.17) is 0 Å². The lowest BCUT2D eigenvalue weighted by molar-refractivity contribution is -0.134. The summed E-state index contributed by atoms with van der Waals surface area (Å²) in [6, 6.07) is 8.12. The summed E-state index contributed by atoms with van der Waals surface area (Å²) in [5.41, 5.74) is 2.23. The van der Waals surface area contributed by atoms with E-state index in [9.17, 15) is 13.2 Å². The fourth-order valence-corrected chi connectivity index (χ4v) is 5.58. The highest BCUT2D eigenvalue weighted by molar-refractivity contribution is 7.92. The highest BCUT2D eigenvalue weighted by Gasteiger charge is 2.49. The molecule has 144 valence electrons. The van der Waals surface area contributed by atoms with Crippen molar-refractivity contribution >= 4 is 21.4 Å². The molecule has 6 nitrogen and oxygen atoms in total. The number of carbonyl (C=O) groups excluding carboxylic acids is 1. The molecule has 1 N–H and O–H groups in total. The number of piperidine rings is 1. The molecule has 0 unspecified atom stereocenters. The van der Waals surface area contributed by atoms with Gasteiger partial charge in [0.25, 0.3) is 0 Å². The molecule has 26 heavy (non-hydrogen) atoms. The first-order valence-corrected chi connectivity index (χ1v) is 11.2. The standard InChI is InChI=1S/C19H29N3O3S/c1-21(18(23)19(26(2,24)25)9-11-20-12-10-19)15-16-7-3-4-8-17(16)22-13-5-6-14-22/h3-4,7-8,20H,5-6,9-15H2,1-2H3. The first-order chi connectivity index (χ1) is 12.3. The molecule has 1 amide bonds. The van der Waals surface area contributed by atoms with Crippen LogP contribution in [0.2, 0.25) is 0 Å². The molecule has 0 saturated carbocycles. The van der Waals surface area contributed by atoms with E-state index >= 15 is 0 Å². The first-order valence-electron chi connectivity index (χ1n) is 9.34. The van der Waals surface area contributed by atoms with Crippen molar-refractivity contribution in [3.05, 3.63) is 29.8 Å². The van der Waals surface area contributed by atoms with Gasteiger partial charge in [0, 0.05) is 38.6 Å². The highest BCUT2D eigenvalue weighted by atomic mass is 32.2. The monoisotopic (exact) mass is 379 g/mol. The van der Waals surface area contributed by atoms with Crippen molar-refractivity contribution in [1.29, 1.82) is 0 Å². The van der Waals surface area contributed by atoms with Crippen molar-refractivity contribution in [3.63, 3.8) is 0 Å². The number of benzene rings is 1. The predicted molar refractivity (Wildman–Crippen MR) is 104 cm³/mol. The molecule has 0 aliphatic carbocycles. The molecule has 0 aromatic heterocycles. The molecule has 2 fully saturated rings. The van der Waals surface area contributed by atoms with Gasteiger partial charge in [0.05, 0.1) is 0 Å². The maximum Gasteiger partial charge on any atom is 0.244 e. The van der Waals surface area contributed by atoms with Crippen molar-refractivity contribution < 1.29 is 13.2 Å². The van der Waals surface area contributed by atoms with E-state index < -0.39 is 14.6 Å². The minimum Gasteiger partial charge on any atom is -0.371 e. The number of sulfone groups is 1. The average Bonchev–Trinajstić information content (AvgIpc) is 3.15. The van der Waals surface area contributed by atoms with Crippen LogP contribution in [-0.2, 0) is 21.2 Å². The third kappa shape index (κ3) is 3.60. The third-order valence-corrected chi connectivity index (χ3v) is 7.71. The van der Waals surface area contributed by atoms with E-state index in [0.29, 0.717) is 32.5 Å². The van der Waals surface area contributed by atoms with Gasteiger partial charge in [-0.15, -0.1) is 0 Å². The Labute approximate surface area is 156 Å². The number of para-hydroxylation sites is 1. The Morgan fingerprint density at radius 3 is 2.42 bits per heavy atom. The molecular weight excluding hydrogens is 350 g/mol. The predicted octanol–water partition coefficient (Wildman–Crippen LogP) is 1.41. The van der Waals surface area contributed by atoms with Gasteiger partial charge in [0.1, 0.15) is 0 Å². The summed E-state index contributed by atoms with van der Waals surface area (Å²) in [6.07, 6.45) is 4.24. The van der Waals surface area contributed by atoms with Crippen molar-refractivity contribution in [2.24, 2.45) is 0 Å². The van der Waals surface area contributed by atoms with E-state index in [1.807, 2.05) is 18.2 Å². The van der Waals surface area contributed by atoms with Crippen LogP contribution in [0, 0.1) is 0 Å². The molecule has 0 radical (unpaired) electrons. The Hall–Kier alpha value is -1.60. The minimum absolute atomic E-state index is 0.280. The highest BCUT2D eigenvalue weighted by Crippen LogP contribution is 2.31. The molecule has 1 aromatic rings. The summed E-state index contributed by atoms with van der Waals surface area (Å²) in [6.45, 7) is 3.60. The van der Waals surface area contributed by atoms with Crippen LogP contribution < -0.4 is 10.2 Å². The van der Waals surface area contributed by atoms with Crippen LogP contribution in [0.5, 0.6) is 0 Å². The lowest BCUT2D eigenvalue weighted by atomic mass is 9.95. The number of nitrogens with one attached hydrogen (secondary N) is 1. The molecule has 0 atom stereocenters. The zero-order valence-corrected chi connectivity index (χ0v) is 16.5.